The molecular formula is C38H74BrN3O3. The number of carbonyl (C=O) groups is 3. The first-order valence-corrected chi connectivity index (χ1v) is 20.5. The lowest BCUT2D eigenvalue weighted by Crippen LogP contribution is -2.48. The lowest BCUT2D eigenvalue weighted by Gasteiger charge is -2.30. The predicted octanol–water partition coefficient (Wildman–Crippen LogP) is 10.3. The Morgan fingerprint density at radius 1 is 0.356 bits per heavy atom. The van der Waals surface area contributed by atoms with Gasteiger partial charge < -0.3 is 14.7 Å². The topological polar surface area (TPSA) is 60.9 Å². The van der Waals surface area contributed by atoms with E-state index in [9.17, 15) is 14.4 Å². The van der Waals surface area contributed by atoms with E-state index in [1.54, 1.807) is 0 Å². The van der Waals surface area contributed by atoms with Crippen molar-refractivity contribution in [3.63, 3.8) is 0 Å². The minimum absolute atomic E-state index is 0.0102. The van der Waals surface area contributed by atoms with Crippen molar-refractivity contribution in [2.24, 2.45) is 0 Å². The Bertz CT molecular complexity index is 624. The summed E-state index contributed by atoms with van der Waals surface area (Å²) in [5, 5.41) is 0.122. The molecule has 266 valence electrons. The van der Waals surface area contributed by atoms with E-state index in [0.717, 1.165) is 77.5 Å². The number of hydrogen-bond donors (Lipinski definition) is 0. The number of alkyl halides is 1. The molecule has 0 aromatic rings. The van der Waals surface area contributed by atoms with E-state index < -0.39 is 0 Å². The highest BCUT2D eigenvalue weighted by Gasteiger charge is 2.25. The van der Waals surface area contributed by atoms with Gasteiger partial charge in [0.2, 0.25) is 17.7 Å². The molecule has 0 N–H and O–H groups in total. The number of amides is 3. The van der Waals surface area contributed by atoms with Crippen LogP contribution in [0.15, 0.2) is 0 Å². The molecule has 0 radical (unpaired) electrons. The Labute approximate surface area is 288 Å². The molecule has 0 heterocycles. The molecule has 0 aliphatic heterocycles. The third kappa shape index (κ3) is 25.6. The van der Waals surface area contributed by atoms with Crippen LogP contribution < -0.4 is 0 Å². The zero-order valence-electron chi connectivity index (χ0n) is 30.4. The van der Waals surface area contributed by atoms with Gasteiger partial charge in [-0.3, -0.25) is 14.4 Å². The molecule has 0 saturated carbocycles. The van der Waals surface area contributed by atoms with Gasteiger partial charge in [-0.1, -0.05) is 172 Å². The zero-order chi connectivity index (χ0) is 33.4. The maximum absolute atomic E-state index is 13.6. The van der Waals surface area contributed by atoms with Gasteiger partial charge in [-0.25, -0.2) is 0 Å². The first kappa shape index (κ1) is 43.9. The molecule has 0 aromatic carbocycles. The number of halogens is 1. The summed E-state index contributed by atoms with van der Waals surface area (Å²) < 4.78 is 0. The zero-order valence-corrected chi connectivity index (χ0v) is 32.0. The highest BCUT2D eigenvalue weighted by molar-refractivity contribution is 9.09. The molecule has 0 atom stereocenters. The maximum Gasteiger partial charge on any atom is 0.242 e. The van der Waals surface area contributed by atoms with E-state index in [2.05, 4.69) is 43.6 Å². The lowest BCUT2D eigenvalue weighted by molar-refractivity contribution is -0.143. The van der Waals surface area contributed by atoms with Crippen molar-refractivity contribution in [3.05, 3.63) is 0 Å². The molecule has 45 heavy (non-hydrogen) atoms. The number of rotatable bonds is 33. The van der Waals surface area contributed by atoms with E-state index in [4.69, 9.17) is 0 Å². The molecule has 0 aromatic heterocycles. The second-order valence-corrected chi connectivity index (χ2v) is 13.8. The van der Waals surface area contributed by atoms with Crippen LogP contribution in [0.1, 0.15) is 182 Å². The first-order chi connectivity index (χ1) is 21.9. The smallest absolute Gasteiger partial charge is 0.242 e. The van der Waals surface area contributed by atoms with Gasteiger partial charge in [0.05, 0.1) is 5.33 Å². The summed E-state index contributed by atoms with van der Waals surface area (Å²) in [6.45, 7) is 11.9. The van der Waals surface area contributed by atoms with E-state index in [0.29, 0.717) is 0 Å². The fraction of sp³-hybridized carbons (Fsp3) is 0.921. The molecule has 0 saturated heterocycles. The quantitative estimate of drug-likeness (QED) is 0.0506. The molecule has 3 amide bonds. The Morgan fingerprint density at radius 3 is 0.844 bits per heavy atom. The van der Waals surface area contributed by atoms with Crippen molar-refractivity contribution in [1.29, 1.82) is 0 Å². The molecule has 0 aliphatic rings. The first-order valence-electron chi connectivity index (χ1n) is 19.3. The Morgan fingerprint density at radius 2 is 0.600 bits per heavy atom. The highest BCUT2D eigenvalue weighted by atomic mass is 79.9. The second kappa shape index (κ2) is 32.8. The standard InChI is InChI=1S/C38H74BrN3O3/c1-5-9-13-17-21-25-29-40(30-26-22-18-14-10-6-2)37(44)34-42(36(43)33-39)35-38(45)41(31-27-23-19-15-11-7-3)32-28-24-20-16-12-8-4/h5-35H2,1-4H3. The van der Waals surface area contributed by atoms with Gasteiger partial charge in [0, 0.05) is 26.2 Å². The summed E-state index contributed by atoms with van der Waals surface area (Å²) in [5.41, 5.74) is 0. The monoisotopic (exact) mass is 699 g/mol. The average Bonchev–Trinajstić information content (AvgIpc) is 3.04. The van der Waals surface area contributed by atoms with Crippen LogP contribution in [0.2, 0.25) is 0 Å². The Hall–Kier alpha value is -1.11. The summed E-state index contributed by atoms with van der Waals surface area (Å²) in [4.78, 5) is 45.8. The molecule has 6 nitrogen and oxygen atoms in total. The van der Waals surface area contributed by atoms with Gasteiger partial charge in [-0.2, -0.15) is 0 Å². The summed E-state index contributed by atoms with van der Waals surface area (Å²) in [7, 11) is 0. The Kier molecular flexibility index (Phi) is 32.0. The van der Waals surface area contributed by atoms with Crippen LogP contribution in [0.25, 0.3) is 0 Å². The van der Waals surface area contributed by atoms with Crippen molar-refractivity contribution in [2.75, 3.05) is 44.6 Å². The average molecular weight is 701 g/mol. The van der Waals surface area contributed by atoms with Crippen molar-refractivity contribution in [2.45, 2.75) is 182 Å². The summed E-state index contributed by atoms with van der Waals surface area (Å²) in [6, 6.07) is 0. The normalized spacial score (nSPS) is 11.1. The van der Waals surface area contributed by atoms with Crippen LogP contribution >= 0.6 is 15.9 Å². The highest BCUT2D eigenvalue weighted by Crippen LogP contribution is 2.12. The van der Waals surface area contributed by atoms with Crippen molar-refractivity contribution >= 4 is 33.7 Å². The van der Waals surface area contributed by atoms with Gasteiger partial charge in [-0.05, 0) is 25.7 Å². The van der Waals surface area contributed by atoms with E-state index in [1.165, 1.54) is 108 Å². The fourth-order valence-corrected chi connectivity index (χ4v) is 6.25. The number of carbonyl (C=O) groups excluding carboxylic acids is 3. The largest absolute Gasteiger partial charge is 0.341 e. The van der Waals surface area contributed by atoms with Crippen LogP contribution in [0.5, 0.6) is 0 Å². The summed E-state index contributed by atoms with van der Waals surface area (Å²) in [5.74, 6) is -0.218. The van der Waals surface area contributed by atoms with Crippen molar-refractivity contribution < 1.29 is 14.4 Å². The van der Waals surface area contributed by atoms with Gasteiger partial charge in [0.25, 0.3) is 0 Å². The van der Waals surface area contributed by atoms with Crippen LogP contribution in [0.4, 0.5) is 0 Å². The van der Waals surface area contributed by atoms with E-state index in [1.807, 2.05) is 9.80 Å². The van der Waals surface area contributed by atoms with Gasteiger partial charge in [0.1, 0.15) is 13.1 Å². The maximum atomic E-state index is 13.6. The number of hydrogen-bond acceptors (Lipinski definition) is 3. The van der Waals surface area contributed by atoms with Gasteiger partial charge >= 0.3 is 0 Å². The number of nitrogens with zero attached hydrogens (tertiary/aromatic N) is 3. The van der Waals surface area contributed by atoms with Crippen molar-refractivity contribution in [1.82, 2.24) is 14.7 Å². The van der Waals surface area contributed by atoms with Crippen LogP contribution in [-0.4, -0.2) is 77.0 Å². The molecule has 0 bridgehead atoms. The van der Waals surface area contributed by atoms with E-state index in [-0.39, 0.29) is 36.1 Å². The third-order valence-electron chi connectivity index (χ3n) is 8.95. The minimum Gasteiger partial charge on any atom is -0.341 e. The SMILES string of the molecule is CCCCCCCCN(CCCCCCCC)C(=O)CN(CC(=O)N(CCCCCCCC)CCCCCCCC)C(=O)CBr. The minimum atomic E-state index is -0.185. The van der Waals surface area contributed by atoms with Crippen molar-refractivity contribution in [3.8, 4) is 0 Å². The number of unbranched alkanes of at least 4 members (excludes halogenated alkanes) is 20. The van der Waals surface area contributed by atoms with E-state index >= 15 is 0 Å². The van der Waals surface area contributed by atoms with Gasteiger partial charge in [0.15, 0.2) is 0 Å². The molecule has 0 rings (SSSR count). The molecule has 0 aliphatic carbocycles. The van der Waals surface area contributed by atoms with Crippen LogP contribution in [0.3, 0.4) is 0 Å². The molecule has 0 spiro atoms. The molecule has 0 unspecified atom stereocenters. The fourth-order valence-electron chi connectivity index (χ4n) is 5.90. The lowest BCUT2D eigenvalue weighted by atomic mass is 10.1. The molecular weight excluding hydrogens is 626 g/mol. The predicted molar refractivity (Wildman–Crippen MR) is 197 cm³/mol. The third-order valence-corrected chi connectivity index (χ3v) is 9.43. The summed E-state index contributed by atoms with van der Waals surface area (Å²) >= 11 is 3.32. The second-order valence-electron chi connectivity index (χ2n) is 13.2. The van der Waals surface area contributed by atoms with Gasteiger partial charge in [-0.15, -0.1) is 0 Å². The Balaban J connectivity index is 5.31. The van der Waals surface area contributed by atoms with Crippen LogP contribution in [0, 0.1) is 0 Å². The summed E-state index contributed by atoms with van der Waals surface area (Å²) in [6.07, 6.45) is 28.4. The van der Waals surface area contributed by atoms with Crippen LogP contribution in [-0.2, 0) is 14.4 Å². The molecule has 7 heteroatoms. The molecule has 0 fully saturated rings.